The molecule has 1 saturated carbocycles. The monoisotopic (exact) mass is 341 g/mol. The van der Waals surface area contributed by atoms with Gasteiger partial charge in [-0.2, -0.15) is 0 Å². The van der Waals surface area contributed by atoms with E-state index in [4.69, 9.17) is 10.5 Å². The first-order valence-electron chi connectivity index (χ1n) is 5.88. The van der Waals surface area contributed by atoms with Gasteiger partial charge in [0.2, 0.25) is 0 Å². The van der Waals surface area contributed by atoms with E-state index in [-0.39, 0.29) is 24.0 Å². The summed E-state index contributed by atoms with van der Waals surface area (Å²) in [5.74, 6) is 0.568. The van der Waals surface area contributed by atoms with Gasteiger partial charge >= 0.3 is 0 Å². The summed E-state index contributed by atoms with van der Waals surface area (Å²) in [6.07, 6.45) is 7.78. The summed E-state index contributed by atoms with van der Waals surface area (Å²) in [5, 5.41) is 3.29. The van der Waals surface area contributed by atoms with E-state index < -0.39 is 0 Å². The van der Waals surface area contributed by atoms with Crippen LogP contribution in [0.5, 0.6) is 0 Å². The second-order valence-electron chi connectivity index (χ2n) is 4.09. The number of ether oxygens (including phenoxy) is 1. The number of rotatable bonds is 4. The molecule has 16 heavy (non-hydrogen) atoms. The Balaban J connectivity index is 0.00000225. The maximum atomic E-state index is 5.78. The third kappa shape index (κ3) is 7.27. The summed E-state index contributed by atoms with van der Waals surface area (Å²) in [7, 11) is 1.67. The molecular weight excluding hydrogens is 317 g/mol. The molecule has 0 aromatic heterocycles. The molecule has 1 fully saturated rings. The minimum atomic E-state index is 0. The second kappa shape index (κ2) is 10.1. The van der Waals surface area contributed by atoms with Crippen LogP contribution in [-0.2, 0) is 4.74 Å². The van der Waals surface area contributed by atoms with Crippen molar-refractivity contribution >= 4 is 29.9 Å². The molecule has 4 nitrogen and oxygen atoms in total. The predicted molar refractivity (Wildman–Crippen MR) is 78.4 cm³/mol. The van der Waals surface area contributed by atoms with Crippen LogP contribution in [0, 0.1) is 0 Å². The molecule has 3 N–H and O–H groups in total. The highest BCUT2D eigenvalue weighted by atomic mass is 127. The largest absolute Gasteiger partial charge is 0.383 e. The van der Waals surface area contributed by atoms with Crippen LogP contribution >= 0.6 is 24.0 Å². The molecule has 0 radical (unpaired) electrons. The fourth-order valence-electron chi connectivity index (χ4n) is 1.94. The number of nitrogens with one attached hydrogen (secondary N) is 1. The molecule has 0 aromatic carbocycles. The van der Waals surface area contributed by atoms with E-state index >= 15 is 0 Å². The number of nitrogens with two attached hydrogens (primary N) is 1. The lowest BCUT2D eigenvalue weighted by Crippen LogP contribution is -2.40. The van der Waals surface area contributed by atoms with Gasteiger partial charge in [0.05, 0.1) is 13.2 Å². The molecule has 0 atom stereocenters. The van der Waals surface area contributed by atoms with E-state index in [0.29, 0.717) is 25.2 Å². The molecule has 0 bridgehead atoms. The first-order chi connectivity index (χ1) is 7.33. The lowest BCUT2D eigenvalue weighted by atomic mass is 10.1. The Morgan fingerprint density at radius 1 is 1.31 bits per heavy atom. The standard InChI is InChI=1S/C11H23N3O.HI/c1-15-9-8-13-11(12)14-10-6-4-2-3-5-7-10;/h10H,2-9H2,1H3,(H3,12,13,14);1H. The minimum Gasteiger partial charge on any atom is -0.383 e. The van der Waals surface area contributed by atoms with Gasteiger partial charge < -0.3 is 15.8 Å². The van der Waals surface area contributed by atoms with Gasteiger partial charge in [0.15, 0.2) is 5.96 Å². The van der Waals surface area contributed by atoms with Crippen LogP contribution in [0.1, 0.15) is 38.5 Å². The topological polar surface area (TPSA) is 59.6 Å². The Morgan fingerprint density at radius 2 is 1.94 bits per heavy atom. The smallest absolute Gasteiger partial charge is 0.188 e. The van der Waals surface area contributed by atoms with Gasteiger partial charge in [-0.15, -0.1) is 24.0 Å². The maximum Gasteiger partial charge on any atom is 0.188 e. The molecule has 0 amide bonds. The number of guanidine groups is 1. The Bertz CT molecular complexity index is 192. The van der Waals surface area contributed by atoms with E-state index in [1.54, 1.807) is 7.11 Å². The molecule has 1 aliphatic carbocycles. The van der Waals surface area contributed by atoms with Crippen LogP contribution < -0.4 is 11.1 Å². The van der Waals surface area contributed by atoms with Crippen molar-refractivity contribution in [3.8, 4) is 0 Å². The van der Waals surface area contributed by atoms with Crippen molar-refractivity contribution in [1.29, 1.82) is 0 Å². The van der Waals surface area contributed by atoms with E-state index in [1.807, 2.05) is 0 Å². The first kappa shape index (κ1) is 16.0. The van der Waals surface area contributed by atoms with Crippen LogP contribution in [0.4, 0.5) is 0 Å². The molecule has 0 spiro atoms. The average Bonchev–Trinajstić information content (AvgIpc) is 2.47. The average molecular weight is 341 g/mol. The molecule has 0 aromatic rings. The van der Waals surface area contributed by atoms with Gasteiger partial charge in [0, 0.05) is 13.2 Å². The second-order valence-corrected chi connectivity index (χ2v) is 4.09. The zero-order valence-corrected chi connectivity index (χ0v) is 12.4. The van der Waals surface area contributed by atoms with Gasteiger partial charge in [0.25, 0.3) is 0 Å². The van der Waals surface area contributed by atoms with Crippen LogP contribution in [0.25, 0.3) is 0 Å². The van der Waals surface area contributed by atoms with Gasteiger partial charge in [-0.25, -0.2) is 0 Å². The van der Waals surface area contributed by atoms with Crippen molar-refractivity contribution in [2.24, 2.45) is 10.7 Å². The molecule has 96 valence electrons. The molecule has 1 aliphatic rings. The molecule has 0 unspecified atom stereocenters. The maximum absolute atomic E-state index is 5.78. The zero-order valence-electron chi connectivity index (χ0n) is 10.1. The normalized spacial score (nSPS) is 18.7. The van der Waals surface area contributed by atoms with Gasteiger partial charge in [-0.1, -0.05) is 25.7 Å². The third-order valence-corrected chi connectivity index (χ3v) is 2.78. The Labute approximate surface area is 115 Å². The van der Waals surface area contributed by atoms with Crippen LogP contribution in [0.3, 0.4) is 0 Å². The zero-order chi connectivity index (χ0) is 10.9. The number of aliphatic imine (C=N–C) groups is 1. The van der Waals surface area contributed by atoms with E-state index in [9.17, 15) is 0 Å². The lowest BCUT2D eigenvalue weighted by Gasteiger charge is -2.16. The molecule has 1 rings (SSSR count). The van der Waals surface area contributed by atoms with Crippen LogP contribution in [-0.4, -0.2) is 32.3 Å². The van der Waals surface area contributed by atoms with Gasteiger partial charge in [-0.05, 0) is 12.8 Å². The number of halogens is 1. The number of nitrogens with zero attached hydrogens (tertiary/aromatic N) is 1. The quantitative estimate of drug-likeness (QED) is 0.270. The summed E-state index contributed by atoms with van der Waals surface area (Å²) in [4.78, 5) is 4.20. The highest BCUT2D eigenvalue weighted by Gasteiger charge is 2.11. The van der Waals surface area contributed by atoms with Crippen molar-refractivity contribution in [2.75, 3.05) is 20.3 Å². The SMILES string of the molecule is COCCN=C(N)NC1CCCCCC1.I. The predicted octanol–water partition coefficient (Wildman–Crippen LogP) is 1.88. The highest BCUT2D eigenvalue weighted by molar-refractivity contribution is 14.0. The molecular formula is C11H24IN3O. The van der Waals surface area contributed by atoms with Crippen molar-refractivity contribution < 1.29 is 4.74 Å². The van der Waals surface area contributed by atoms with E-state index in [1.165, 1.54) is 38.5 Å². The van der Waals surface area contributed by atoms with Crippen molar-refractivity contribution in [2.45, 2.75) is 44.6 Å². The molecule has 0 heterocycles. The Morgan fingerprint density at radius 3 is 2.50 bits per heavy atom. The first-order valence-corrected chi connectivity index (χ1v) is 5.88. The minimum absolute atomic E-state index is 0. The summed E-state index contributed by atoms with van der Waals surface area (Å²) in [5.41, 5.74) is 5.78. The van der Waals surface area contributed by atoms with Crippen LogP contribution in [0.2, 0.25) is 0 Å². The summed E-state index contributed by atoms with van der Waals surface area (Å²) in [6.45, 7) is 1.27. The van der Waals surface area contributed by atoms with Gasteiger partial charge in [-0.3, -0.25) is 4.99 Å². The van der Waals surface area contributed by atoms with E-state index in [0.717, 1.165) is 0 Å². The Hall–Kier alpha value is -0.0400. The third-order valence-electron chi connectivity index (χ3n) is 2.78. The summed E-state index contributed by atoms with van der Waals surface area (Å²) >= 11 is 0. The van der Waals surface area contributed by atoms with Gasteiger partial charge in [0.1, 0.15) is 0 Å². The number of hydrogen-bond donors (Lipinski definition) is 2. The molecule has 0 saturated heterocycles. The number of hydrogen-bond acceptors (Lipinski definition) is 2. The summed E-state index contributed by atoms with van der Waals surface area (Å²) < 4.78 is 4.91. The fraction of sp³-hybridized carbons (Fsp3) is 0.909. The van der Waals surface area contributed by atoms with E-state index in [2.05, 4.69) is 10.3 Å². The highest BCUT2D eigenvalue weighted by Crippen LogP contribution is 2.16. The Kier molecular flexibility index (Phi) is 10.1. The summed E-state index contributed by atoms with van der Waals surface area (Å²) in [6, 6.07) is 0.527. The van der Waals surface area contributed by atoms with Crippen molar-refractivity contribution in [3.05, 3.63) is 0 Å². The molecule has 5 heteroatoms. The molecule has 0 aliphatic heterocycles. The van der Waals surface area contributed by atoms with Crippen molar-refractivity contribution in [1.82, 2.24) is 5.32 Å². The van der Waals surface area contributed by atoms with Crippen LogP contribution in [0.15, 0.2) is 4.99 Å². The van der Waals surface area contributed by atoms with Crippen molar-refractivity contribution in [3.63, 3.8) is 0 Å². The lowest BCUT2D eigenvalue weighted by molar-refractivity contribution is 0.208. The fourth-order valence-corrected chi connectivity index (χ4v) is 1.94. The number of methoxy groups -OCH3 is 1.